The van der Waals surface area contributed by atoms with Gasteiger partial charge >= 0.3 is 0 Å². The lowest BCUT2D eigenvalue weighted by molar-refractivity contribution is 0.0714. The third-order valence-electron chi connectivity index (χ3n) is 3.20. The first-order valence-corrected chi connectivity index (χ1v) is 7.48. The van der Waals surface area contributed by atoms with E-state index in [9.17, 15) is 5.11 Å². The average Bonchev–Trinajstić information content (AvgIpc) is 2.44. The first-order valence-electron chi connectivity index (χ1n) is 7.48. The minimum absolute atomic E-state index is 0.507. The molecule has 112 valence electrons. The highest BCUT2D eigenvalue weighted by molar-refractivity contribution is 5.52. The Hall–Kier alpha value is -1.32. The average molecular weight is 277 g/mol. The highest BCUT2D eigenvalue weighted by Gasteiger charge is 2.20. The zero-order chi connectivity index (χ0) is 14.8. The lowest BCUT2D eigenvalue weighted by atomic mass is 9.91. The van der Waals surface area contributed by atoms with Crippen molar-refractivity contribution in [2.75, 3.05) is 13.2 Å². The Morgan fingerprint density at radius 2 is 1.95 bits per heavy atom. The molecule has 0 heterocycles. The second-order valence-electron chi connectivity index (χ2n) is 5.15. The second kappa shape index (κ2) is 8.77. The molecule has 0 saturated carbocycles. The molecule has 0 aliphatic rings. The van der Waals surface area contributed by atoms with Gasteiger partial charge in [0.05, 0.1) is 5.60 Å². The maximum Gasteiger partial charge on any atom is 0.119 e. The molecule has 0 unspecified atom stereocenters. The predicted octanol–water partition coefficient (Wildman–Crippen LogP) is 3.37. The standard InChI is InChI=1S/C17H27NO2/c1-3-9-17(19,10-4-2)11-8-15-6-5-7-16(14-15)20-13-12-18/h5-8,11,14,19H,3-4,9-10,12-13,18H2,1-2H3/b11-8+. The van der Waals surface area contributed by atoms with Crippen LogP contribution in [0, 0.1) is 0 Å². The highest BCUT2D eigenvalue weighted by atomic mass is 16.5. The van der Waals surface area contributed by atoms with Crippen LogP contribution in [0.3, 0.4) is 0 Å². The van der Waals surface area contributed by atoms with E-state index in [1.54, 1.807) is 0 Å². The van der Waals surface area contributed by atoms with Crippen molar-refractivity contribution in [3.05, 3.63) is 35.9 Å². The number of rotatable bonds is 9. The molecule has 0 spiro atoms. The van der Waals surface area contributed by atoms with Crippen molar-refractivity contribution in [3.63, 3.8) is 0 Å². The summed E-state index contributed by atoms with van der Waals surface area (Å²) in [5, 5.41) is 10.5. The molecule has 0 atom stereocenters. The highest BCUT2D eigenvalue weighted by Crippen LogP contribution is 2.23. The van der Waals surface area contributed by atoms with Crippen LogP contribution in [-0.2, 0) is 0 Å². The predicted molar refractivity (Wildman–Crippen MR) is 84.8 cm³/mol. The van der Waals surface area contributed by atoms with Gasteiger partial charge in [0.15, 0.2) is 0 Å². The fourth-order valence-corrected chi connectivity index (χ4v) is 2.29. The SMILES string of the molecule is CCCC(O)(/C=C/c1cccc(OCCN)c1)CCC. The first kappa shape index (κ1) is 16.7. The topological polar surface area (TPSA) is 55.5 Å². The summed E-state index contributed by atoms with van der Waals surface area (Å²) in [5.41, 5.74) is 5.76. The number of hydrogen-bond donors (Lipinski definition) is 2. The van der Waals surface area contributed by atoms with Gasteiger partial charge in [-0.3, -0.25) is 0 Å². The molecule has 1 aromatic carbocycles. The maximum atomic E-state index is 10.5. The number of benzene rings is 1. The van der Waals surface area contributed by atoms with Gasteiger partial charge in [-0.2, -0.15) is 0 Å². The monoisotopic (exact) mass is 277 g/mol. The molecule has 1 aromatic rings. The molecule has 0 aliphatic carbocycles. The molecule has 3 nitrogen and oxygen atoms in total. The fourth-order valence-electron chi connectivity index (χ4n) is 2.29. The zero-order valence-corrected chi connectivity index (χ0v) is 12.6. The van der Waals surface area contributed by atoms with Gasteiger partial charge in [-0.1, -0.05) is 51.0 Å². The molecule has 0 aromatic heterocycles. The molecule has 3 N–H and O–H groups in total. The molecule has 0 amide bonds. The van der Waals surface area contributed by atoms with Gasteiger partial charge in [0.25, 0.3) is 0 Å². The Bertz CT molecular complexity index is 409. The summed E-state index contributed by atoms with van der Waals surface area (Å²) in [6, 6.07) is 7.83. The van der Waals surface area contributed by atoms with Gasteiger partial charge in [-0.25, -0.2) is 0 Å². The van der Waals surface area contributed by atoms with Crippen LogP contribution in [0.25, 0.3) is 6.08 Å². The van der Waals surface area contributed by atoms with Crippen molar-refractivity contribution in [2.24, 2.45) is 5.73 Å². The minimum atomic E-state index is -0.697. The molecule has 20 heavy (non-hydrogen) atoms. The van der Waals surface area contributed by atoms with Crippen molar-refractivity contribution < 1.29 is 9.84 Å². The van der Waals surface area contributed by atoms with E-state index in [2.05, 4.69) is 13.8 Å². The van der Waals surface area contributed by atoms with E-state index < -0.39 is 5.60 Å². The van der Waals surface area contributed by atoms with Gasteiger partial charge in [0.2, 0.25) is 0 Å². The molecular formula is C17H27NO2. The lowest BCUT2D eigenvalue weighted by Crippen LogP contribution is -2.24. The van der Waals surface area contributed by atoms with Crippen LogP contribution in [0.4, 0.5) is 0 Å². The third-order valence-corrected chi connectivity index (χ3v) is 3.20. The third kappa shape index (κ3) is 5.76. The summed E-state index contributed by atoms with van der Waals surface area (Å²) in [4.78, 5) is 0. The summed E-state index contributed by atoms with van der Waals surface area (Å²) in [6.45, 7) is 5.21. The molecule has 3 heteroatoms. The largest absolute Gasteiger partial charge is 0.492 e. The Labute approximate surface area is 122 Å². The van der Waals surface area contributed by atoms with Gasteiger partial charge < -0.3 is 15.6 Å². The molecule has 0 aliphatic heterocycles. The van der Waals surface area contributed by atoms with E-state index >= 15 is 0 Å². The van der Waals surface area contributed by atoms with Crippen LogP contribution in [0.1, 0.15) is 45.1 Å². The zero-order valence-electron chi connectivity index (χ0n) is 12.6. The van der Waals surface area contributed by atoms with Crippen molar-refractivity contribution in [1.82, 2.24) is 0 Å². The number of ether oxygens (including phenoxy) is 1. The van der Waals surface area contributed by atoms with E-state index in [0.29, 0.717) is 13.2 Å². The normalized spacial score (nSPS) is 12.0. The van der Waals surface area contributed by atoms with Crippen LogP contribution in [0.5, 0.6) is 5.75 Å². The van der Waals surface area contributed by atoms with E-state index in [0.717, 1.165) is 37.0 Å². The summed E-state index contributed by atoms with van der Waals surface area (Å²) >= 11 is 0. The van der Waals surface area contributed by atoms with Crippen molar-refractivity contribution in [3.8, 4) is 5.75 Å². The second-order valence-corrected chi connectivity index (χ2v) is 5.15. The smallest absolute Gasteiger partial charge is 0.119 e. The summed E-state index contributed by atoms with van der Waals surface area (Å²) < 4.78 is 5.50. The van der Waals surface area contributed by atoms with E-state index in [4.69, 9.17) is 10.5 Å². The van der Waals surface area contributed by atoms with Crippen LogP contribution in [0.15, 0.2) is 30.3 Å². The minimum Gasteiger partial charge on any atom is -0.492 e. The summed E-state index contributed by atoms with van der Waals surface area (Å²) in [6.07, 6.45) is 7.42. The Kier molecular flexibility index (Phi) is 7.34. The lowest BCUT2D eigenvalue weighted by Gasteiger charge is -2.23. The molecule has 0 saturated heterocycles. The van der Waals surface area contributed by atoms with Gasteiger partial charge in [-0.15, -0.1) is 0 Å². The fraction of sp³-hybridized carbons (Fsp3) is 0.529. The quantitative estimate of drug-likeness (QED) is 0.727. The van der Waals surface area contributed by atoms with E-state index in [1.165, 1.54) is 0 Å². The number of nitrogens with two attached hydrogens (primary N) is 1. The van der Waals surface area contributed by atoms with Crippen molar-refractivity contribution in [2.45, 2.75) is 45.1 Å². The maximum absolute atomic E-state index is 10.5. The molecule has 0 bridgehead atoms. The molecule has 1 rings (SSSR count). The number of aliphatic hydroxyl groups is 1. The van der Waals surface area contributed by atoms with Gasteiger partial charge in [0, 0.05) is 6.54 Å². The van der Waals surface area contributed by atoms with Gasteiger partial charge in [0.1, 0.15) is 12.4 Å². The van der Waals surface area contributed by atoms with E-state index in [-0.39, 0.29) is 0 Å². The van der Waals surface area contributed by atoms with Crippen molar-refractivity contribution >= 4 is 6.08 Å². The summed E-state index contributed by atoms with van der Waals surface area (Å²) in [7, 11) is 0. The van der Waals surface area contributed by atoms with Crippen LogP contribution in [-0.4, -0.2) is 23.9 Å². The van der Waals surface area contributed by atoms with Crippen LogP contribution >= 0.6 is 0 Å². The molecule has 0 radical (unpaired) electrons. The van der Waals surface area contributed by atoms with Crippen LogP contribution in [0.2, 0.25) is 0 Å². The van der Waals surface area contributed by atoms with Crippen molar-refractivity contribution in [1.29, 1.82) is 0 Å². The first-order chi connectivity index (χ1) is 9.63. The summed E-state index contributed by atoms with van der Waals surface area (Å²) in [5.74, 6) is 0.812. The van der Waals surface area contributed by atoms with E-state index in [1.807, 2.05) is 36.4 Å². The Morgan fingerprint density at radius 1 is 1.25 bits per heavy atom. The Morgan fingerprint density at radius 3 is 2.55 bits per heavy atom. The number of hydrogen-bond acceptors (Lipinski definition) is 3. The molecular weight excluding hydrogens is 250 g/mol. The van der Waals surface area contributed by atoms with Gasteiger partial charge in [-0.05, 0) is 30.5 Å². The molecule has 0 fully saturated rings. The Balaban J connectivity index is 2.76. The van der Waals surface area contributed by atoms with Crippen LogP contribution < -0.4 is 10.5 Å².